The van der Waals surface area contributed by atoms with Gasteiger partial charge in [0, 0.05) is 25.2 Å². The van der Waals surface area contributed by atoms with Crippen LogP contribution in [0.2, 0.25) is 0 Å². The Balaban J connectivity index is 1.11. The lowest BCUT2D eigenvalue weighted by Gasteiger charge is -2.38. The number of rotatable bonds is 8. The van der Waals surface area contributed by atoms with Crippen LogP contribution in [0.15, 0.2) is 60.9 Å². The van der Waals surface area contributed by atoms with Gasteiger partial charge >= 0.3 is 12.1 Å². The van der Waals surface area contributed by atoms with Crippen LogP contribution < -0.4 is 5.32 Å². The minimum Gasteiger partial charge on any atom is -0.480 e. The summed E-state index contributed by atoms with van der Waals surface area (Å²) in [6, 6.07) is 16.2. The summed E-state index contributed by atoms with van der Waals surface area (Å²) in [4.78, 5) is 36.9. The van der Waals surface area contributed by atoms with Gasteiger partial charge in [0.2, 0.25) is 5.91 Å². The van der Waals surface area contributed by atoms with Gasteiger partial charge in [-0.3, -0.25) is 14.8 Å². The molecule has 2 aliphatic rings. The van der Waals surface area contributed by atoms with Gasteiger partial charge in [0.05, 0.1) is 18.0 Å². The predicted molar refractivity (Wildman–Crippen MR) is 125 cm³/mol. The molecule has 0 spiro atoms. The van der Waals surface area contributed by atoms with Crippen LogP contribution in [0, 0.1) is 0 Å². The van der Waals surface area contributed by atoms with Crippen molar-refractivity contribution in [3.8, 4) is 11.1 Å². The molecule has 1 aliphatic heterocycles. The van der Waals surface area contributed by atoms with E-state index in [1.165, 1.54) is 10.9 Å². The number of carboxylic acids is 1. The van der Waals surface area contributed by atoms with Gasteiger partial charge in [0.15, 0.2) is 0 Å². The maximum Gasteiger partial charge on any atom is 0.411 e. The number of benzene rings is 2. The second-order valence-electron chi connectivity index (χ2n) is 8.50. The normalized spacial score (nSPS) is 14.7. The number of anilines is 1. The average molecular weight is 476 g/mol. The maximum absolute atomic E-state index is 12.4. The molecule has 1 fully saturated rings. The second-order valence-corrected chi connectivity index (χ2v) is 8.50. The van der Waals surface area contributed by atoms with Gasteiger partial charge in [-0.2, -0.15) is 5.10 Å². The molecule has 0 bridgehead atoms. The molecule has 0 unspecified atom stereocenters. The fourth-order valence-electron chi connectivity index (χ4n) is 4.44. The van der Waals surface area contributed by atoms with E-state index in [4.69, 9.17) is 14.6 Å². The summed E-state index contributed by atoms with van der Waals surface area (Å²) in [5.74, 6) is -1.24. The molecule has 180 valence electrons. The van der Waals surface area contributed by atoms with Gasteiger partial charge < -0.3 is 19.5 Å². The van der Waals surface area contributed by atoms with Crippen molar-refractivity contribution in [2.45, 2.75) is 18.6 Å². The first-order chi connectivity index (χ1) is 17.0. The molecule has 1 saturated heterocycles. The van der Waals surface area contributed by atoms with Crippen LogP contribution in [0.1, 0.15) is 17.0 Å². The Morgan fingerprint density at radius 1 is 1.03 bits per heavy atom. The van der Waals surface area contributed by atoms with Crippen molar-refractivity contribution in [3.63, 3.8) is 0 Å². The zero-order chi connectivity index (χ0) is 24.4. The molecular weight excluding hydrogens is 452 g/mol. The van der Waals surface area contributed by atoms with Gasteiger partial charge in [-0.25, -0.2) is 9.59 Å². The number of hydrogen-bond donors (Lipinski definition) is 2. The Labute approximate surface area is 201 Å². The summed E-state index contributed by atoms with van der Waals surface area (Å²) in [5, 5.41) is 15.4. The molecule has 3 aromatic rings. The van der Waals surface area contributed by atoms with Gasteiger partial charge in [-0.15, -0.1) is 0 Å². The van der Waals surface area contributed by atoms with E-state index >= 15 is 0 Å². The Morgan fingerprint density at radius 2 is 1.69 bits per heavy atom. The van der Waals surface area contributed by atoms with Crippen molar-refractivity contribution >= 4 is 23.7 Å². The number of carbonyl (C=O) groups excluding carboxylic acids is 2. The van der Waals surface area contributed by atoms with Crippen LogP contribution in [-0.4, -0.2) is 70.2 Å². The molecule has 0 atom stereocenters. The summed E-state index contributed by atoms with van der Waals surface area (Å²) in [6.07, 6.45) is 2.14. The summed E-state index contributed by atoms with van der Waals surface area (Å²) in [6.45, 7) is 0.512. The zero-order valence-electron chi connectivity index (χ0n) is 18.8. The molecular formula is C25H24N4O6. The Morgan fingerprint density at radius 3 is 2.34 bits per heavy atom. The van der Waals surface area contributed by atoms with E-state index in [-0.39, 0.29) is 37.7 Å². The molecule has 5 rings (SSSR count). The predicted octanol–water partition coefficient (Wildman–Crippen LogP) is 2.56. The highest BCUT2D eigenvalue weighted by Gasteiger charge is 2.32. The third kappa shape index (κ3) is 4.87. The number of aromatic nitrogens is 2. The number of nitrogens with one attached hydrogen (secondary N) is 1. The van der Waals surface area contributed by atoms with Crippen LogP contribution in [0.25, 0.3) is 11.1 Å². The van der Waals surface area contributed by atoms with E-state index in [1.807, 2.05) is 24.3 Å². The molecule has 35 heavy (non-hydrogen) atoms. The number of likely N-dealkylation sites (tertiary alicyclic amines) is 1. The molecule has 2 amide bonds. The van der Waals surface area contributed by atoms with Crippen LogP contribution in [0.5, 0.6) is 0 Å². The Hall–Kier alpha value is -4.18. The van der Waals surface area contributed by atoms with Crippen molar-refractivity contribution in [2.24, 2.45) is 0 Å². The SMILES string of the molecule is O=C(O)COC1CN(C(=O)Cn2cc(NC(=O)OCC3c4ccccc4-c4ccccc43)cn2)C1. The van der Waals surface area contributed by atoms with Crippen molar-refractivity contribution in [3.05, 3.63) is 72.1 Å². The molecule has 10 heteroatoms. The van der Waals surface area contributed by atoms with E-state index in [0.29, 0.717) is 18.8 Å². The summed E-state index contributed by atoms with van der Waals surface area (Å²) in [7, 11) is 0. The first kappa shape index (κ1) is 22.6. The van der Waals surface area contributed by atoms with Crippen molar-refractivity contribution < 1.29 is 29.0 Å². The molecule has 2 aromatic carbocycles. The van der Waals surface area contributed by atoms with Gasteiger partial charge in [0.1, 0.15) is 19.8 Å². The lowest BCUT2D eigenvalue weighted by Crippen LogP contribution is -2.55. The van der Waals surface area contributed by atoms with Crippen molar-refractivity contribution in [1.29, 1.82) is 0 Å². The van der Waals surface area contributed by atoms with Crippen molar-refractivity contribution in [2.75, 3.05) is 31.6 Å². The molecule has 2 N–H and O–H groups in total. The molecule has 1 aromatic heterocycles. The third-order valence-corrected chi connectivity index (χ3v) is 6.16. The largest absolute Gasteiger partial charge is 0.480 e. The smallest absolute Gasteiger partial charge is 0.411 e. The van der Waals surface area contributed by atoms with Gasteiger partial charge in [-0.1, -0.05) is 48.5 Å². The van der Waals surface area contributed by atoms with E-state index in [1.54, 1.807) is 11.1 Å². The van der Waals surface area contributed by atoms with Crippen molar-refractivity contribution in [1.82, 2.24) is 14.7 Å². The van der Waals surface area contributed by atoms with Crippen LogP contribution in [0.3, 0.4) is 0 Å². The number of aliphatic carboxylic acids is 1. The van der Waals surface area contributed by atoms with E-state index in [9.17, 15) is 14.4 Å². The first-order valence-electron chi connectivity index (χ1n) is 11.2. The fourth-order valence-corrected chi connectivity index (χ4v) is 4.44. The number of ether oxygens (including phenoxy) is 2. The Bertz CT molecular complexity index is 1220. The lowest BCUT2D eigenvalue weighted by atomic mass is 9.98. The second kappa shape index (κ2) is 9.59. The number of hydrogen-bond acceptors (Lipinski definition) is 6. The monoisotopic (exact) mass is 476 g/mol. The summed E-state index contributed by atoms with van der Waals surface area (Å²) in [5.41, 5.74) is 5.00. The van der Waals surface area contributed by atoms with Gasteiger partial charge in [0.25, 0.3) is 0 Å². The first-order valence-corrected chi connectivity index (χ1v) is 11.2. The van der Waals surface area contributed by atoms with Gasteiger partial charge in [-0.05, 0) is 22.3 Å². The standard InChI is InChI=1S/C25H24N4O6/c30-23(28-11-17(12-28)34-15-24(31)32)13-29-10-16(9-26-29)27-25(33)35-14-22-20-7-3-1-5-18(20)19-6-2-4-8-21(19)22/h1-10,17,22H,11-15H2,(H,27,33)(H,31,32). The highest BCUT2D eigenvalue weighted by atomic mass is 16.5. The maximum atomic E-state index is 12.4. The fraction of sp³-hybridized carbons (Fsp3) is 0.280. The molecule has 0 radical (unpaired) electrons. The Kier molecular flexibility index (Phi) is 6.19. The number of carbonyl (C=O) groups is 3. The molecule has 2 heterocycles. The highest BCUT2D eigenvalue weighted by molar-refractivity contribution is 5.85. The van der Waals surface area contributed by atoms with Crippen LogP contribution >= 0.6 is 0 Å². The topological polar surface area (TPSA) is 123 Å². The third-order valence-electron chi connectivity index (χ3n) is 6.16. The number of fused-ring (bicyclic) bond motifs is 3. The summed E-state index contributed by atoms with van der Waals surface area (Å²) < 4.78 is 12.1. The van der Waals surface area contributed by atoms with E-state index in [2.05, 4.69) is 34.7 Å². The van der Waals surface area contributed by atoms with E-state index < -0.39 is 12.1 Å². The molecule has 10 nitrogen and oxygen atoms in total. The molecule has 0 saturated carbocycles. The number of amides is 2. The number of nitrogens with zero attached hydrogens (tertiary/aromatic N) is 3. The zero-order valence-corrected chi connectivity index (χ0v) is 18.8. The number of carboxylic acid groups (broad SMARTS) is 1. The van der Waals surface area contributed by atoms with E-state index in [0.717, 1.165) is 22.3 Å². The quantitative estimate of drug-likeness (QED) is 0.512. The average Bonchev–Trinajstić information content (AvgIpc) is 3.38. The van der Waals surface area contributed by atoms with Crippen LogP contribution in [0.4, 0.5) is 10.5 Å². The minimum atomic E-state index is -1.04. The minimum absolute atomic E-state index is 0.00196. The lowest BCUT2D eigenvalue weighted by molar-refractivity contribution is -0.154. The van der Waals surface area contributed by atoms with Crippen LogP contribution in [-0.2, 0) is 25.6 Å². The summed E-state index contributed by atoms with van der Waals surface area (Å²) >= 11 is 0. The molecule has 1 aliphatic carbocycles. The highest BCUT2D eigenvalue weighted by Crippen LogP contribution is 2.44.